The van der Waals surface area contributed by atoms with E-state index in [-0.39, 0.29) is 30.3 Å². The van der Waals surface area contributed by atoms with Crippen molar-refractivity contribution < 1.29 is 27.2 Å². The van der Waals surface area contributed by atoms with Gasteiger partial charge in [0.25, 0.3) is 0 Å². The van der Waals surface area contributed by atoms with Gasteiger partial charge in [0.15, 0.2) is 0 Å². The molecule has 0 spiro atoms. The SMILES string of the molecule is C=CCC1(CC=C)C[C@H]2C(c3ccc(F)cc3C)N(C(=O)N(C)C(=C)c3cc(C)cc(C(F)(F)F)c3)CCN2C1=O. The van der Waals surface area contributed by atoms with Gasteiger partial charge in [-0.25, -0.2) is 9.18 Å². The van der Waals surface area contributed by atoms with E-state index >= 15 is 0 Å². The lowest BCUT2D eigenvalue weighted by Gasteiger charge is -2.46. The number of urea groups is 1. The predicted molar refractivity (Wildman–Crippen MR) is 151 cm³/mol. The van der Waals surface area contributed by atoms with Crippen LogP contribution in [0.2, 0.25) is 0 Å². The van der Waals surface area contributed by atoms with Crippen LogP contribution in [0.4, 0.5) is 22.4 Å². The monoisotopic (exact) mass is 569 g/mol. The fourth-order valence-electron chi connectivity index (χ4n) is 6.32. The lowest BCUT2D eigenvalue weighted by Crippen LogP contribution is -2.57. The average Bonchev–Trinajstić information content (AvgIpc) is 3.18. The lowest BCUT2D eigenvalue weighted by molar-refractivity contribution is -0.139. The third-order valence-corrected chi connectivity index (χ3v) is 8.29. The summed E-state index contributed by atoms with van der Waals surface area (Å²) in [6.45, 7) is 15.4. The highest BCUT2D eigenvalue weighted by Crippen LogP contribution is 2.50. The third kappa shape index (κ3) is 5.54. The number of hydrogen-bond donors (Lipinski definition) is 0. The summed E-state index contributed by atoms with van der Waals surface area (Å²) in [6.07, 6.45) is 0.209. The molecule has 4 rings (SSSR count). The number of amides is 3. The Morgan fingerprint density at radius 2 is 1.76 bits per heavy atom. The molecule has 3 amide bonds. The summed E-state index contributed by atoms with van der Waals surface area (Å²) in [7, 11) is 1.47. The Bertz CT molecular complexity index is 1390. The van der Waals surface area contributed by atoms with Crippen LogP contribution in [0, 0.1) is 25.1 Å². The summed E-state index contributed by atoms with van der Waals surface area (Å²) in [6, 6.07) is 6.44. The Hall–Kier alpha value is -3.88. The maximum absolute atomic E-state index is 14.1. The zero-order chi connectivity index (χ0) is 30.3. The molecule has 2 aromatic rings. The summed E-state index contributed by atoms with van der Waals surface area (Å²) in [5.74, 6) is -0.450. The van der Waals surface area contributed by atoms with E-state index in [4.69, 9.17) is 0 Å². The first kappa shape index (κ1) is 30.1. The molecule has 5 nitrogen and oxygen atoms in total. The zero-order valence-corrected chi connectivity index (χ0v) is 23.6. The van der Waals surface area contributed by atoms with E-state index in [0.717, 1.165) is 12.1 Å². The Kier molecular flexibility index (Phi) is 8.21. The smallest absolute Gasteiger partial charge is 0.335 e. The molecule has 2 atom stereocenters. The van der Waals surface area contributed by atoms with E-state index < -0.39 is 41.1 Å². The van der Waals surface area contributed by atoms with Crippen molar-refractivity contribution >= 4 is 17.6 Å². The largest absolute Gasteiger partial charge is 0.416 e. The van der Waals surface area contributed by atoms with Gasteiger partial charge in [0.05, 0.1) is 23.1 Å². The number of benzene rings is 2. The number of carbonyl (C=O) groups is 2. The molecule has 0 radical (unpaired) electrons. The van der Waals surface area contributed by atoms with Gasteiger partial charge < -0.3 is 9.80 Å². The number of fused-ring (bicyclic) bond motifs is 1. The molecule has 2 aromatic carbocycles. The summed E-state index contributed by atoms with van der Waals surface area (Å²) in [4.78, 5) is 32.5. The number of allylic oxidation sites excluding steroid dienone is 2. The number of halogens is 4. The number of aryl methyl sites for hydroxylation is 2. The maximum atomic E-state index is 14.1. The summed E-state index contributed by atoms with van der Waals surface area (Å²) in [5, 5.41) is 0. The van der Waals surface area contributed by atoms with Crippen molar-refractivity contribution in [2.45, 2.75) is 51.4 Å². The number of carbonyl (C=O) groups excluding carboxylic acids is 2. The first-order valence-electron chi connectivity index (χ1n) is 13.5. The van der Waals surface area contributed by atoms with Crippen molar-refractivity contribution in [2.24, 2.45) is 5.41 Å². The lowest BCUT2D eigenvalue weighted by atomic mass is 9.76. The van der Waals surface area contributed by atoms with Crippen LogP contribution in [0.3, 0.4) is 0 Å². The molecule has 0 aliphatic carbocycles. The van der Waals surface area contributed by atoms with Crippen LogP contribution >= 0.6 is 0 Å². The van der Waals surface area contributed by atoms with Crippen LogP contribution < -0.4 is 0 Å². The van der Waals surface area contributed by atoms with Gasteiger partial charge in [-0.15, -0.1) is 13.2 Å². The molecule has 0 N–H and O–H groups in total. The Morgan fingerprint density at radius 1 is 1.10 bits per heavy atom. The molecule has 2 heterocycles. The normalized spacial score (nSPS) is 20.0. The molecular weight excluding hydrogens is 534 g/mol. The number of alkyl halides is 3. The molecule has 0 saturated carbocycles. The summed E-state index contributed by atoms with van der Waals surface area (Å²) < 4.78 is 54.6. The Balaban J connectivity index is 1.75. The van der Waals surface area contributed by atoms with E-state index in [1.807, 2.05) is 0 Å². The molecule has 1 unspecified atom stereocenters. The summed E-state index contributed by atoms with van der Waals surface area (Å²) in [5.41, 5.74) is 0.421. The minimum absolute atomic E-state index is 0.0311. The topological polar surface area (TPSA) is 43.9 Å². The van der Waals surface area contributed by atoms with Crippen LogP contribution in [0.25, 0.3) is 5.70 Å². The second-order valence-electron chi connectivity index (χ2n) is 11.0. The number of nitrogens with zero attached hydrogens (tertiary/aromatic N) is 3. The van der Waals surface area contributed by atoms with Crippen LogP contribution in [-0.4, -0.2) is 52.8 Å². The van der Waals surface area contributed by atoms with Crippen LogP contribution in [-0.2, 0) is 11.0 Å². The third-order valence-electron chi connectivity index (χ3n) is 8.29. The van der Waals surface area contributed by atoms with Crippen molar-refractivity contribution in [1.82, 2.24) is 14.7 Å². The molecule has 2 aliphatic heterocycles. The maximum Gasteiger partial charge on any atom is 0.416 e. The fourth-order valence-corrected chi connectivity index (χ4v) is 6.32. The summed E-state index contributed by atoms with van der Waals surface area (Å²) >= 11 is 0. The Morgan fingerprint density at radius 3 is 2.34 bits per heavy atom. The molecule has 41 heavy (non-hydrogen) atoms. The quantitative estimate of drug-likeness (QED) is 0.260. The van der Waals surface area contributed by atoms with Gasteiger partial charge in [0.2, 0.25) is 5.91 Å². The van der Waals surface area contributed by atoms with Crippen LogP contribution in [0.1, 0.15) is 53.1 Å². The van der Waals surface area contributed by atoms with E-state index in [0.29, 0.717) is 36.0 Å². The number of piperazine rings is 1. The van der Waals surface area contributed by atoms with E-state index in [1.54, 1.807) is 47.9 Å². The molecule has 9 heteroatoms. The van der Waals surface area contributed by atoms with Gasteiger partial charge >= 0.3 is 12.2 Å². The van der Waals surface area contributed by atoms with Gasteiger partial charge in [-0.2, -0.15) is 13.2 Å². The number of hydrogen-bond acceptors (Lipinski definition) is 2. The standard InChI is InChI=1S/C32H35F4N3O2/c1-7-11-31(12-8-2)19-27-28(26-10-9-25(33)17-21(26)4)39(14-13-38(27)29(31)40)30(41)37(6)22(5)23-15-20(3)16-24(18-23)32(34,35)36/h7-10,15-18,27-28H,1-2,5,11-14,19H2,3-4,6H3/t27-,28?/m0/s1. The highest BCUT2D eigenvalue weighted by Gasteiger charge is 2.56. The molecule has 2 aliphatic rings. The molecule has 218 valence electrons. The second kappa shape index (κ2) is 11.2. The van der Waals surface area contributed by atoms with Crippen molar-refractivity contribution in [2.75, 3.05) is 20.1 Å². The average molecular weight is 570 g/mol. The van der Waals surface area contributed by atoms with Gasteiger partial charge in [-0.1, -0.05) is 24.8 Å². The highest BCUT2D eigenvalue weighted by atomic mass is 19.4. The van der Waals surface area contributed by atoms with Crippen molar-refractivity contribution in [3.05, 3.63) is 102 Å². The van der Waals surface area contributed by atoms with Crippen molar-refractivity contribution in [1.29, 1.82) is 0 Å². The van der Waals surface area contributed by atoms with E-state index in [1.165, 1.54) is 24.1 Å². The van der Waals surface area contributed by atoms with Gasteiger partial charge in [-0.05, 0) is 85.7 Å². The van der Waals surface area contributed by atoms with E-state index in [9.17, 15) is 27.2 Å². The van der Waals surface area contributed by atoms with Gasteiger partial charge in [0.1, 0.15) is 5.82 Å². The second-order valence-corrected chi connectivity index (χ2v) is 11.0. The Labute approximate surface area is 238 Å². The fraction of sp³-hybridized carbons (Fsp3) is 0.375. The van der Waals surface area contributed by atoms with E-state index in [2.05, 4.69) is 19.7 Å². The molecule has 2 saturated heterocycles. The molecular formula is C32H35F4N3O2. The highest BCUT2D eigenvalue weighted by molar-refractivity contribution is 5.88. The molecule has 0 aromatic heterocycles. The van der Waals surface area contributed by atoms with Gasteiger partial charge in [-0.3, -0.25) is 9.69 Å². The first-order chi connectivity index (χ1) is 19.2. The minimum Gasteiger partial charge on any atom is -0.335 e. The molecule has 0 bridgehead atoms. The minimum atomic E-state index is -4.55. The zero-order valence-electron chi connectivity index (χ0n) is 23.6. The van der Waals surface area contributed by atoms with Gasteiger partial charge in [0, 0.05) is 25.8 Å². The molecule has 2 fully saturated rings. The number of rotatable bonds is 7. The predicted octanol–water partition coefficient (Wildman–Crippen LogP) is 7.28. The van der Waals surface area contributed by atoms with Crippen molar-refractivity contribution in [3.8, 4) is 0 Å². The van der Waals surface area contributed by atoms with Crippen LogP contribution in [0.15, 0.2) is 68.3 Å². The first-order valence-corrected chi connectivity index (χ1v) is 13.5. The van der Waals surface area contributed by atoms with Crippen LogP contribution in [0.5, 0.6) is 0 Å². The van der Waals surface area contributed by atoms with Crippen molar-refractivity contribution in [3.63, 3.8) is 0 Å².